The Balaban J connectivity index is 1.46. The average molecular weight is 538 g/mol. The summed E-state index contributed by atoms with van der Waals surface area (Å²) in [5.74, 6) is 2.13. The van der Waals surface area contributed by atoms with Crippen LogP contribution in [0.25, 0.3) is 49.4 Å². The fraction of sp³-hybridized carbons (Fsp3) is 0.167. The summed E-state index contributed by atoms with van der Waals surface area (Å²) in [4.78, 5) is 9.79. The largest absolute Gasteiger partial charge is 0.506 e. The van der Waals surface area contributed by atoms with E-state index in [1.54, 1.807) is 6.07 Å². The van der Waals surface area contributed by atoms with E-state index in [4.69, 9.17) is 14.7 Å². The number of hydrogen-bond acceptors (Lipinski definition) is 4. The normalized spacial score (nSPS) is 12.1. The van der Waals surface area contributed by atoms with E-state index >= 15 is 0 Å². The smallest absolute Gasteiger partial charge is 0.220 e. The molecular formula is C36H31N3O2. The molecule has 0 unspecified atom stereocenters. The molecule has 1 N–H and O–H groups in total. The molecule has 202 valence electrons. The Kier molecular flexibility index (Phi) is 5.55. The summed E-state index contributed by atoms with van der Waals surface area (Å²) in [5, 5.41) is 15.1. The van der Waals surface area contributed by atoms with E-state index in [0.29, 0.717) is 17.1 Å². The van der Waals surface area contributed by atoms with Crippen LogP contribution in [0.3, 0.4) is 0 Å². The van der Waals surface area contributed by atoms with Gasteiger partial charge in [-0.15, -0.1) is 0 Å². The maximum atomic E-state index is 10.7. The van der Waals surface area contributed by atoms with Gasteiger partial charge in [0.25, 0.3) is 0 Å². The van der Waals surface area contributed by atoms with E-state index in [9.17, 15) is 5.11 Å². The van der Waals surface area contributed by atoms with Gasteiger partial charge < -0.3 is 9.84 Å². The lowest BCUT2D eigenvalue weighted by Crippen LogP contribution is -2.12. The number of phenolic OH excluding ortho intramolecular Hbond substituents is 1. The molecule has 7 rings (SSSR count). The summed E-state index contributed by atoms with van der Waals surface area (Å²) in [5.41, 5.74) is 6.83. The van der Waals surface area contributed by atoms with E-state index in [-0.39, 0.29) is 11.2 Å². The zero-order chi connectivity index (χ0) is 28.5. The lowest BCUT2D eigenvalue weighted by atomic mass is 9.85. The number of nitrogens with zero attached hydrogens (tertiary/aromatic N) is 3. The Labute approximate surface area is 238 Å². The molecule has 0 bridgehead atoms. The van der Waals surface area contributed by atoms with Gasteiger partial charge in [-0.05, 0) is 72.4 Å². The Morgan fingerprint density at radius 2 is 1.51 bits per heavy atom. The van der Waals surface area contributed by atoms with Crippen molar-refractivity contribution in [3.05, 3.63) is 108 Å². The number of phenols is 1. The second-order valence-corrected chi connectivity index (χ2v) is 11.8. The van der Waals surface area contributed by atoms with Crippen molar-refractivity contribution in [2.75, 3.05) is 0 Å². The SMILES string of the molecule is Cc1cccc2c1c1c(C)cc(Oc3cc(C(C)(C)C)c4cccc(O)c4n3)cc1n2-c1ccc2ccccc2n1. The Hall–Kier alpha value is -4.90. The third kappa shape index (κ3) is 4.08. The summed E-state index contributed by atoms with van der Waals surface area (Å²) in [6.07, 6.45) is 0. The van der Waals surface area contributed by atoms with Crippen LogP contribution in [-0.2, 0) is 5.41 Å². The van der Waals surface area contributed by atoms with Gasteiger partial charge in [0.15, 0.2) is 0 Å². The molecule has 3 aromatic heterocycles. The van der Waals surface area contributed by atoms with Crippen molar-refractivity contribution in [1.82, 2.24) is 14.5 Å². The van der Waals surface area contributed by atoms with Gasteiger partial charge in [-0.25, -0.2) is 9.97 Å². The number of pyridine rings is 2. The minimum atomic E-state index is -0.168. The molecule has 0 radical (unpaired) electrons. The molecule has 0 saturated carbocycles. The predicted molar refractivity (Wildman–Crippen MR) is 168 cm³/mol. The molecule has 3 heterocycles. The molecule has 0 spiro atoms. The summed E-state index contributed by atoms with van der Waals surface area (Å²) in [6, 6.07) is 30.5. The molecule has 7 aromatic rings. The first-order valence-electron chi connectivity index (χ1n) is 13.9. The fourth-order valence-corrected chi connectivity index (χ4v) is 6.02. The second-order valence-electron chi connectivity index (χ2n) is 11.8. The van der Waals surface area contributed by atoms with Crippen LogP contribution in [0.1, 0.15) is 37.5 Å². The van der Waals surface area contributed by atoms with Gasteiger partial charge in [-0.3, -0.25) is 4.57 Å². The number of benzene rings is 4. The number of rotatable bonds is 3. The van der Waals surface area contributed by atoms with Gasteiger partial charge in [0.05, 0.1) is 16.6 Å². The Morgan fingerprint density at radius 1 is 0.732 bits per heavy atom. The van der Waals surface area contributed by atoms with Gasteiger partial charge in [-0.2, -0.15) is 0 Å². The van der Waals surface area contributed by atoms with Gasteiger partial charge in [-0.1, -0.05) is 63.2 Å². The summed E-state index contributed by atoms with van der Waals surface area (Å²) in [7, 11) is 0. The molecule has 0 aliphatic heterocycles. The van der Waals surface area contributed by atoms with Crippen LogP contribution in [0, 0.1) is 13.8 Å². The highest BCUT2D eigenvalue weighted by atomic mass is 16.5. The van der Waals surface area contributed by atoms with Crippen molar-refractivity contribution < 1.29 is 9.84 Å². The van der Waals surface area contributed by atoms with Crippen LogP contribution in [0.2, 0.25) is 0 Å². The second kappa shape index (κ2) is 9.07. The van der Waals surface area contributed by atoms with Gasteiger partial charge in [0.2, 0.25) is 5.88 Å². The molecule has 4 aromatic carbocycles. The van der Waals surface area contributed by atoms with Crippen molar-refractivity contribution in [2.45, 2.75) is 40.0 Å². The van der Waals surface area contributed by atoms with Crippen LogP contribution in [0.15, 0.2) is 91.0 Å². The highest BCUT2D eigenvalue weighted by Crippen LogP contribution is 2.40. The monoisotopic (exact) mass is 537 g/mol. The van der Waals surface area contributed by atoms with Crippen LogP contribution in [0.5, 0.6) is 17.4 Å². The number of aryl methyl sites for hydroxylation is 2. The van der Waals surface area contributed by atoms with Crippen molar-refractivity contribution in [3.8, 4) is 23.2 Å². The van der Waals surface area contributed by atoms with Crippen LogP contribution in [-0.4, -0.2) is 19.6 Å². The molecule has 0 aliphatic carbocycles. The maximum Gasteiger partial charge on any atom is 0.220 e. The standard InChI is InChI=1S/C36H31N3O2/c1-21-10-8-14-28-33(21)34-22(2)18-24(19-29(34)39(28)31-17-16-23-11-6-7-13-27(23)37-31)41-32-20-26(36(3,4)5)25-12-9-15-30(40)35(25)38-32/h6-20,40H,1-5H3. The van der Waals surface area contributed by atoms with E-state index in [1.807, 2.05) is 36.4 Å². The van der Waals surface area contributed by atoms with E-state index in [2.05, 4.69) is 87.7 Å². The lowest BCUT2D eigenvalue weighted by Gasteiger charge is -2.22. The quantitative estimate of drug-likeness (QED) is 0.244. The van der Waals surface area contributed by atoms with Gasteiger partial charge in [0.1, 0.15) is 22.8 Å². The first kappa shape index (κ1) is 25.1. The highest BCUT2D eigenvalue weighted by molar-refractivity contribution is 6.12. The first-order valence-corrected chi connectivity index (χ1v) is 13.9. The lowest BCUT2D eigenvalue weighted by molar-refractivity contribution is 0.457. The van der Waals surface area contributed by atoms with E-state index in [0.717, 1.165) is 44.3 Å². The minimum Gasteiger partial charge on any atom is -0.506 e. The molecule has 0 fully saturated rings. The predicted octanol–water partition coefficient (Wildman–Crippen LogP) is 9.29. The zero-order valence-corrected chi connectivity index (χ0v) is 23.9. The fourth-order valence-electron chi connectivity index (χ4n) is 6.02. The van der Waals surface area contributed by atoms with Crippen molar-refractivity contribution >= 4 is 43.6 Å². The van der Waals surface area contributed by atoms with E-state index in [1.165, 1.54) is 16.3 Å². The molecule has 0 atom stereocenters. The van der Waals surface area contributed by atoms with Crippen LogP contribution < -0.4 is 4.74 Å². The highest BCUT2D eigenvalue weighted by Gasteiger charge is 2.22. The summed E-state index contributed by atoms with van der Waals surface area (Å²) < 4.78 is 8.72. The molecule has 0 saturated heterocycles. The van der Waals surface area contributed by atoms with Crippen molar-refractivity contribution in [2.24, 2.45) is 0 Å². The summed E-state index contributed by atoms with van der Waals surface area (Å²) >= 11 is 0. The van der Waals surface area contributed by atoms with Crippen LogP contribution in [0.4, 0.5) is 0 Å². The molecule has 5 nitrogen and oxygen atoms in total. The number of aromatic hydroxyl groups is 1. The number of ether oxygens (including phenoxy) is 1. The van der Waals surface area contributed by atoms with Crippen molar-refractivity contribution in [3.63, 3.8) is 0 Å². The molecule has 5 heteroatoms. The molecular weight excluding hydrogens is 506 g/mol. The average Bonchev–Trinajstić information content (AvgIpc) is 3.28. The topological polar surface area (TPSA) is 60.2 Å². The number of fused-ring (bicyclic) bond motifs is 5. The molecule has 0 aliphatic rings. The van der Waals surface area contributed by atoms with Crippen LogP contribution >= 0.6 is 0 Å². The third-order valence-corrected chi connectivity index (χ3v) is 7.91. The number of para-hydroxylation sites is 2. The molecule has 41 heavy (non-hydrogen) atoms. The Morgan fingerprint density at radius 3 is 2.34 bits per heavy atom. The van der Waals surface area contributed by atoms with E-state index < -0.39 is 0 Å². The maximum absolute atomic E-state index is 10.7. The van der Waals surface area contributed by atoms with Crippen molar-refractivity contribution in [1.29, 1.82) is 0 Å². The zero-order valence-electron chi connectivity index (χ0n) is 23.9. The first-order chi connectivity index (χ1) is 19.7. The Bertz CT molecular complexity index is 2150. The third-order valence-electron chi connectivity index (χ3n) is 7.91. The van der Waals surface area contributed by atoms with Gasteiger partial charge in [0, 0.05) is 33.7 Å². The summed E-state index contributed by atoms with van der Waals surface area (Å²) in [6.45, 7) is 10.7. The van der Waals surface area contributed by atoms with Gasteiger partial charge >= 0.3 is 0 Å². The minimum absolute atomic E-state index is 0.142. The molecule has 0 amide bonds. The number of hydrogen-bond donors (Lipinski definition) is 1. The number of aromatic nitrogens is 3.